The number of nitrogen functional groups attached to an aromatic ring is 1. The van der Waals surface area contributed by atoms with Crippen LogP contribution in [0.1, 0.15) is 6.92 Å². The van der Waals surface area contributed by atoms with E-state index in [0.29, 0.717) is 12.3 Å². The van der Waals surface area contributed by atoms with E-state index in [2.05, 4.69) is 21.5 Å². The lowest BCUT2D eigenvalue weighted by molar-refractivity contribution is 0.310. The van der Waals surface area contributed by atoms with Crippen LogP contribution in [0.25, 0.3) is 11.3 Å². The molecule has 2 N–H and O–H groups in total. The highest BCUT2D eigenvalue weighted by molar-refractivity contribution is 5.69. The number of hydrogen-bond acceptors (Lipinski definition) is 5. The van der Waals surface area contributed by atoms with Crippen molar-refractivity contribution in [3.8, 4) is 17.0 Å². The molecule has 0 aliphatic heterocycles. The summed E-state index contributed by atoms with van der Waals surface area (Å²) >= 11 is 0. The SMILES string of the molecule is C=C(C)COc1ccc(-c2nonc2N)cc1. The summed E-state index contributed by atoms with van der Waals surface area (Å²) in [4.78, 5) is 0. The standard InChI is InChI=1S/C12H13N3O2/c1-8(2)7-16-10-5-3-9(4-6-10)11-12(13)15-17-14-11/h3-6H,1,7H2,2H3,(H2,13,15). The molecule has 1 aromatic heterocycles. The highest BCUT2D eigenvalue weighted by Gasteiger charge is 2.08. The highest BCUT2D eigenvalue weighted by atomic mass is 16.6. The Morgan fingerprint density at radius 3 is 2.59 bits per heavy atom. The van der Waals surface area contributed by atoms with Gasteiger partial charge in [-0.05, 0) is 47.1 Å². The van der Waals surface area contributed by atoms with Crippen LogP contribution >= 0.6 is 0 Å². The molecule has 2 aromatic rings. The van der Waals surface area contributed by atoms with E-state index in [1.807, 2.05) is 31.2 Å². The molecular weight excluding hydrogens is 218 g/mol. The number of rotatable bonds is 4. The van der Waals surface area contributed by atoms with Gasteiger partial charge in [-0.25, -0.2) is 4.63 Å². The maximum atomic E-state index is 5.60. The summed E-state index contributed by atoms with van der Waals surface area (Å²) in [6.45, 7) is 6.19. The largest absolute Gasteiger partial charge is 0.489 e. The van der Waals surface area contributed by atoms with Crippen LogP contribution in [0, 0.1) is 0 Å². The van der Waals surface area contributed by atoms with Crippen LogP contribution in [-0.2, 0) is 0 Å². The summed E-state index contributed by atoms with van der Waals surface area (Å²) < 4.78 is 10.0. The molecule has 17 heavy (non-hydrogen) atoms. The van der Waals surface area contributed by atoms with Crippen molar-refractivity contribution in [2.45, 2.75) is 6.92 Å². The average Bonchev–Trinajstić information content (AvgIpc) is 2.73. The predicted molar refractivity (Wildman–Crippen MR) is 64.5 cm³/mol. The fraction of sp³-hybridized carbons (Fsp3) is 0.167. The molecular formula is C12H13N3O2. The van der Waals surface area contributed by atoms with Crippen molar-refractivity contribution < 1.29 is 9.37 Å². The molecule has 0 bridgehead atoms. The van der Waals surface area contributed by atoms with Crippen molar-refractivity contribution >= 4 is 5.82 Å². The molecule has 0 atom stereocenters. The summed E-state index contributed by atoms with van der Waals surface area (Å²) in [5.41, 5.74) is 7.95. The van der Waals surface area contributed by atoms with Gasteiger partial charge in [0, 0.05) is 5.56 Å². The lowest BCUT2D eigenvalue weighted by Gasteiger charge is -2.05. The fourth-order valence-electron chi connectivity index (χ4n) is 1.31. The Morgan fingerprint density at radius 2 is 2.06 bits per heavy atom. The van der Waals surface area contributed by atoms with Crippen molar-refractivity contribution in [2.24, 2.45) is 0 Å². The normalized spacial score (nSPS) is 10.2. The van der Waals surface area contributed by atoms with E-state index in [1.165, 1.54) is 0 Å². The van der Waals surface area contributed by atoms with Gasteiger partial charge in [0.25, 0.3) is 0 Å². The molecule has 0 fully saturated rings. The van der Waals surface area contributed by atoms with Gasteiger partial charge in [-0.1, -0.05) is 6.58 Å². The molecule has 0 saturated carbocycles. The summed E-state index contributed by atoms with van der Waals surface area (Å²) in [6.07, 6.45) is 0. The van der Waals surface area contributed by atoms with Gasteiger partial charge < -0.3 is 10.5 Å². The van der Waals surface area contributed by atoms with Crippen molar-refractivity contribution in [2.75, 3.05) is 12.3 Å². The van der Waals surface area contributed by atoms with Crippen LogP contribution in [-0.4, -0.2) is 16.9 Å². The van der Waals surface area contributed by atoms with E-state index in [-0.39, 0.29) is 5.82 Å². The van der Waals surface area contributed by atoms with Crippen LogP contribution in [0.5, 0.6) is 5.75 Å². The number of nitrogens with zero attached hydrogens (tertiary/aromatic N) is 2. The van der Waals surface area contributed by atoms with Gasteiger partial charge in [0.15, 0.2) is 11.5 Å². The van der Waals surface area contributed by atoms with Gasteiger partial charge in [-0.3, -0.25) is 0 Å². The van der Waals surface area contributed by atoms with Gasteiger partial charge >= 0.3 is 0 Å². The van der Waals surface area contributed by atoms with Crippen molar-refractivity contribution in [1.82, 2.24) is 10.3 Å². The first-order valence-electron chi connectivity index (χ1n) is 5.12. The molecule has 88 valence electrons. The number of benzene rings is 1. The molecule has 1 heterocycles. The number of nitrogens with two attached hydrogens (primary N) is 1. The third-order valence-corrected chi connectivity index (χ3v) is 2.13. The Kier molecular flexibility index (Phi) is 3.09. The van der Waals surface area contributed by atoms with Gasteiger partial charge in [0.05, 0.1) is 0 Å². The molecule has 5 heteroatoms. The van der Waals surface area contributed by atoms with Crippen molar-refractivity contribution in [1.29, 1.82) is 0 Å². The van der Waals surface area contributed by atoms with Crippen LogP contribution in [0.15, 0.2) is 41.0 Å². The van der Waals surface area contributed by atoms with Crippen LogP contribution in [0.3, 0.4) is 0 Å². The molecule has 0 radical (unpaired) electrons. The Balaban J connectivity index is 2.13. The third kappa shape index (κ3) is 2.63. The third-order valence-electron chi connectivity index (χ3n) is 2.13. The van der Waals surface area contributed by atoms with Crippen LogP contribution < -0.4 is 10.5 Å². The van der Waals surface area contributed by atoms with E-state index < -0.39 is 0 Å². The van der Waals surface area contributed by atoms with E-state index in [4.69, 9.17) is 10.5 Å². The first-order chi connectivity index (χ1) is 8.16. The van der Waals surface area contributed by atoms with Gasteiger partial charge in [0.2, 0.25) is 0 Å². The average molecular weight is 231 g/mol. The van der Waals surface area contributed by atoms with Gasteiger partial charge in [0.1, 0.15) is 12.4 Å². The smallest absolute Gasteiger partial charge is 0.196 e. The van der Waals surface area contributed by atoms with Gasteiger partial charge in [-0.15, -0.1) is 0 Å². The second-order valence-corrected chi connectivity index (χ2v) is 3.77. The first-order valence-corrected chi connectivity index (χ1v) is 5.12. The Bertz CT molecular complexity index is 517. The zero-order chi connectivity index (χ0) is 12.3. The minimum absolute atomic E-state index is 0.278. The summed E-state index contributed by atoms with van der Waals surface area (Å²) in [5, 5.41) is 7.25. The Morgan fingerprint density at radius 1 is 1.35 bits per heavy atom. The molecule has 0 unspecified atom stereocenters. The second-order valence-electron chi connectivity index (χ2n) is 3.77. The maximum absolute atomic E-state index is 5.60. The predicted octanol–water partition coefficient (Wildman–Crippen LogP) is 2.27. The van der Waals surface area contributed by atoms with Crippen molar-refractivity contribution in [3.05, 3.63) is 36.4 Å². The minimum atomic E-state index is 0.278. The fourth-order valence-corrected chi connectivity index (χ4v) is 1.31. The van der Waals surface area contributed by atoms with Crippen molar-refractivity contribution in [3.63, 3.8) is 0 Å². The molecule has 1 aromatic carbocycles. The Hall–Kier alpha value is -2.30. The zero-order valence-corrected chi connectivity index (χ0v) is 9.51. The van der Waals surface area contributed by atoms with E-state index in [9.17, 15) is 0 Å². The second kappa shape index (κ2) is 4.69. The number of aromatic nitrogens is 2. The quantitative estimate of drug-likeness (QED) is 0.817. The molecule has 2 rings (SSSR count). The molecule has 0 amide bonds. The highest BCUT2D eigenvalue weighted by Crippen LogP contribution is 2.24. The summed E-state index contributed by atoms with van der Waals surface area (Å²) in [7, 11) is 0. The monoisotopic (exact) mass is 231 g/mol. The van der Waals surface area contributed by atoms with Crippen LogP contribution in [0.2, 0.25) is 0 Å². The molecule has 0 aliphatic carbocycles. The zero-order valence-electron chi connectivity index (χ0n) is 9.51. The maximum Gasteiger partial charge on any atom is 0.196 e. The number of hydrogen-bond donors (Lipinski definition) is 1. The Labute approximate surface area is 98.8 Å². The van der Waals surface area contributed by atoms with E-state index in [1.54, 1.807) is 0 Å². The van der Waals surface area contributed by atoms with Gasteiger partial charge in [-0.2, -0.15) is 0 Å². The molecule has 0 saturated heterocycles. The lowest BCUT2D eigenvalue weighted by Crippen LogP contribution is -1.97. The van der Waals surface area contributed by atoms with E-state index >= 15 is 0 Å². The minimum Gasteiger partial charge on any atom is -0.489 e. The molecule has 5 nitrogen and oxygen atoms in total. The number of ether oxygens (including phenoxy) is 1. The lowest BCUT2D eigenvalue weighted by atomic mass is 10.1. The topological polar surface area (TPSA) is 74.2 Å². The first kappa shape index (κ1) is 11.2. The summed E-state index contributed by atoms with van der Waals surface area (Å²) in [6, 6.07) is 7.38. The van der Waals surface area contributed by atoms with E-state index in [0.717, 1.165) is 16.9 Å². The number of anilines is 1. The molecule has 0 aliphatic rings. The van der Waals surface area contributed by atoms with Crippen LogP contribution in [0.4, 0.5) is 5.82 Å². The molecule has 0 spiro atoms. The summed E-state index contributed by atoms with van der Waals surface area (Å²) in [5.74, 6) is 1.05.